The second-order valence-electron chi connectivity index (χ2n) is 5.84. The molecule has 11 nitrogen and oxygen atoms in total. The first-order valence-electron chi connectivity index (χ1n) is 8.61. The van der Waals surface area contributed by atoms with Crippen molar-refractivity contribution in [2.24, 2.45) is 0 Å². The Morgan fingerprint density at radius 2 is 1.07 bits per heavy atom. The van der Waals surface area contributed by atoms with Gasteiger partial charge in [-0.05, 0) is 24.3 Å². The molecule has 2 unspecified atom stereocenters. The van der Waals surface area contributed by atoms with Gasteiger partial charge in [-0.2, -0.15) is 0 Å². The number of nitro groups is 2. The maximum absolute atomic E-state index is 10.6. The van der Waals surface area contributed by atoms with E-state index >= 15 is 0 Å². The maximum atomic E-state index is 10.6. The first-order chi connectivity index (χ1) is 13.8. The highest BCUT2D eigenvalue weighted by Gasteiger charge is 2.11. The Hall–Kier alpha value is -3.28. The third-order valence-electron chi connectivity index (χ3n) is 3.66. The van der Waals surface area contributed by atoms with E-state index in [1.165, 1.54) is 48.5 Å². The van der Waals surface area contributed by atoms with Crippen LogP contribution in [0.1, 0.15) is 12.8 Å². The Labute approximate surface area is 165 Å². The lowest BCUT2D eigenvalue weighted by Gasteiger charge is -2.15. The zero-order valence-corrected chi connectivity index (χ0v) is 15.2. The van der Waals surface area contributed by atoms with E-state index in [4.69, 9.17) is 14.2 Å². The van der Waals surface area contributed by atoms with Crippen LogP contribution >= 0.6 is 0 Å². The predicted octanol–water partition coefficient (Wildman–Crippen LogP) is 2.39. The van der Waals surface area contributed by atoms with Crippen LogP contribution in [0.3, 0.4) is 0 Å². The summed E-state index contributed by atoms with van der Waals surface area (Å²) in [7, 11) is 0. The lowest BCUT2D eigenvalue weighted by Crippen LogP contribution is -2.20. The summed E-state index contributed by atoms with van der Waals surface area (Å²) < 4.78 is 15.7. The summed E-state index contributed by atoms with van der Waals surface area (Å²) in [6.07, 6.45) is -2.01. The smallest absolute Gasteiger partial charge is 0.269 e. The van der Waals surface area contributed by atoms with Crippen molar-refractivity contribution < 1.29 is 34.3 Å². The Kier molecular flexibility index (Phi) is 8.27. The number of nitro benzene ring substituents is 2. The van der Waals surface area contributed by atoms with Gasteiger partial charge >= 0.3 is 0 Å². The standard InChI is InChI=1S/C18H20N2O9/c21-17(28-15-5-1-13(2-6-15)19(23)24)9-11-27-12-10-18(22)29-16-7-3-14(4-8-16)20(25)26/h1-8,17-18,21-22H,9-12H2. The van der Waals surface area contributed by atoms with Gasteiger partial charge < -0.3 is 24.4 Å². The molecule has 0 aliphatic carbocycles. The third kappa shape index (κ3) is 7.70. The molecule has 0 bridgehead atoms. The number of aliphatic hydroxyl groups is 2. The van der Waals surface area contributed by atoms with Gasteiger partial charge in [-0.3, -0.25) is 20.2 Å². The molecular formula is C18H20N2O9. The second-order valence-corrected chi connectivity index (χ2v) is 5.84. The Morgan fingerprint density at radius 3 is 1.38 bits per heavy atom. The summed E-state index contributed by atoms with van der Waals surface area (Å²) in [5, 5.41) is 40.7. The molecular weight excluding hydrogens is 388 g/mol. The highest BCUT2D eigenvalue weighted by atomic mass is 16.6. The molecule has 2 N–H and O–H groups in total. The molecule has 0 saturated carbocycles. The van der Waals surface area contributed by atoms with Gasteiger partial charge in [0.2, 0.25) is 0 Å². The molecule has 2 rings (SSSR count). The van der Waals surface area contributed by atoms with Crippen molar-refractivity contribution in [1.29, 1.82) is 0 Å². The highest BCUT2D eigenvalue weighted by molar-refractivity contribution is 5.36. The molecule has 0 spiro atoms. The van der Waals surface area contributed by atoms with E-state index < -0.39 is 22.4 Å². The zero-order chi connectivity index (χ0) is 21.2. The minimum Gasteiger partial charge on any atom is -0.465 e. The molecule has 2 atom stereocenters. The minimum absolute atomic E-state index is 0.0790. The molecule has 2 aromatic carbocycles. The zero-order valence-electron chi connectivity index (χ0n) is 15.2. The van der Waals surface area contributed by atoms with Gasteiger partial charge in [0.15, 0.2) is 12.6 Å². The van der Waals surface area contributed by atoms with Crippen LogP contribution in [-0.2, 0) is 4.74 Å². The van der Waals surface area contributed by atoms with E-state index in [1.54, 1.807) is 0 Å². The quantitative estimate of drug-likeness (QED) is 0.233. The van der Waals surface area contributed by atoms with Crippen molar-refractivity contribution >= 4 is 11.4 Å². The average Bonchev–Trinajstić information content (AvgIpc) is 2.68. The Bertz CT molecular complexity index is 728. The van der Waals surface area contributed by atoms with Crippen LogP contribution in [0.15, 0.2) is 48.5 Å². The van der Waals surface area contributed by atoms with Crippen molar-refractivity contribution in [3.05, 3.63) is 68.8 Å². The maximum Gasteiger partial charge on any atom is 0.269 e. The number of hydrogen-bond acceptors (Lipinski definition) is 9. The van der Waals surface area contributed by atoms with E-state index in [0.717, 1.165) is 0 Å². The Balaban J connectivity index is 1.60. The number of ether oxygens (including phenoxy) is 3. The van der Waals surface area contributed by atoms with Gasteiger partial charge in [0.1, 0.15) is 11.5 Å². The number of non-ortho nitro benzene ring substituents is 2. The molecule has 2 aromatic rings. The predicted molar refractivity (Wildman–Crippen MR) is 99.5 cm³/mol. The summed E-state index contributed by atoms with van der Waals surface area (Å²) in [5.41, 5.74) is -0.158. The molecule has 0 aromatic heterocycles. The topological polar surface area (TPSA) is 154 Å². The summed E-state index contributed by atoms with van der Waals surface area (Å²) in [6.45, 7) is 0.302. The fraction of sp³-hybridized carbons (Fsp3) is 0.333. The van der Waals surface area contributed by atoms with Crippen LogP contribution in [0.2, 0.25) is 0 Å². The summed E-state index contributed by atoms with van der Waals surface area (Å²) in [6, 6.07) is 10.6. The third-order valence-corrected chi connectivity index (χ3v) is 3.66. The van der Waals surface area contributed by atoms with E-state index in [-0.39, 0.29) is 48.9 Å². The molecule has 0 amide bonds. The van der Waals surface area contributed by atoms with Gasteiger partial charge in [-0.1, -0.05) is 0 Å². The molecule has 11 heteroatoms. The van der Waals surface area contributed by atoms with Crippen molar-refractivity contribution in [3.8, 4) is 11.5 Å². The molecule has 29 heavy (non-hydrogen) atoms. The monoisotopic (exact) mass is 408 g/mol. The molecule has 0 heterocycles. The summed E-state index contributed by atoms with van der Waals surface area (Å²) >= 11 is 0. The van der Waals surface area contributed by atoms with E-state index in [0.29, 0.717) is 0 Å². The van der Waals surface area contributed by atoms with Crippen LogP contribution in [0.5, 0.6) is 11.5 Å². The first kappa shape index (κ1) is 22.0. The molecule has 0 saturated heterocycles. The fourth-order valence-corrected chi connectivity index (χ4v) is 2.20. The number of hydrogen-bond donors (Lipinski definition) is 2. The summed E-state index contributed by atoms with van der Waals surface area (Å²) in [5.74, 6) is 0.574. The van der Waals surface area contributed by atoms with Crippen LogP contribution in [0.25, 0.3) is 0 Å². The van der Waals surface area contributed by atoms with Crippen LogP contribution in [-0.4, -0.2) is 45.9 Å². The summed E-state index contributed by atoms with van der Waals surface area (Å²) in [4.78, 5) is 20.1. The van der Waals surface area contributed by atoms with E-state index in [1.807, 2.05) is 0 Å². The number of nitrogens with zero attached hydrogens (tertiary/aromatic N) is 2. The van der Waals surface area contributed by atoms with Gasteiger partial charge in [0.25, 0.3) is 11.4 Å². The number of aliphatic hydroxyl groups excluding tert-OH is 2. The number of benzene rings is 2. The fourth-order valence-electron chi connectivity index (χ4n) is 2.20. The molecule has 0 aliphatic heterocycles. The number of rotatable bonds is 12. The van der Waals surface area contributed by atoms with Gasteiger partial charge in [0, 0.05) is 37.1 Å². The van der Waals surface area contributed by atoms with Crippen LogP contribution in [0, 0.1) is 20.2 Å². The SMILES string of the molecule is O=[N+]([O-])c1ccc(OC(O)CCOCCC(O)Oc2ccc([N+](=O)[O-])cc2)cc1. The molecule has 156 valence electrons. The minimum atomic E-state index is -1.15. The van der Waals surface area contributed by atoms with Crippen molar-refractivity contribution in [2.75, 3.05) is 13.2 Å². The molecule has 0 aliphatic rings. The largest absolute Gasteiger partial charge is 0.465 e. The normalized spacial score (nSPS) is 12.8. The second kappa shape index (κ2) is 10.9. The highest BCUT2D eigenvalue weighted by Crippen LogP contribution is 2.19. The van der Waals surface area contributed by atoms with Crippen LogP contribution in [0.4, 0.5) is 11.4 Å². The molecule has 0 radical (unpaired) electrons. The van der Waals surface area contributed by atoms with Crippen molar-refractivity contribution in [3.63, 3.8) is 0 Å². The van der Waals surface area contributed by atoms with Crippen molar-refractivity contribution in [1.82, 2.24) is 0 Å². The van der Waals surface area contributed by atoms with Gasteiger partial charge in [-0.25, -0.2) is 0 Å². The Morgan fingerprint density at radius 1 is 0.724 bits per heavy atom. The average molecular weight is 408 g/mol. The lowest BCUT2D eigenvalue weighted by molar-refractivity contribution is -0.385. The molecule has 0 fully saturated rings. The van der Waals surface area contributed by atoms with Gasteiger partial charge in [-0.15, -0.1) is 0 Å². The van der Waals surface area contributed by atoms with E-state index in [9.17, 15) is 30.4 Å². The van der Waals surface area contributed by atoms with Crippen molar-refractivity contribution in [2.45, 2.75) is 25.4 Å². The first-order valence-corrected chi connectivity index (χ1v) is 8.61. The van der Waals surface area contributed by atoms with E-state index in [2.05, 4.69) is 0 Å². The van der Waals surface area contributed by atoms with Crippen LogP contribution < -0.4 is 9.47 Å². The van der Waals surface area contributed by atoms with Gasteiger partial charge in [0.05, 0.1) is 23.1 Å². The lowest BCUT2D eigenvalue weighted by atomic mass is 10.3.